The summed E-state index contributed by atoms with van der Waals surface area (Å²) in [5.74, 6) is -1.24. The van der Waals surface area contributed by atoms with E-state index in [4.69, 9.17) is 5.26 Å². The van der Waals surface area contributed by atoms with Gasteiger partial charge in [0.25, 0.3) is 0 Å². The van der Waals surface area contributed by atoms with Gasteiger partial charge >= 0.3 is 5.51 Å². The Morgan fingerprint density at radius 3 is 2.38 bits per heavy atom. The molecule has 0 aliphatic carbocycles. The Hall–Kier alpha value is -2.79. The molecular weight excluding hydrogens is 368 g/mol. The molecule has 0 fully saturated rings. The quantitative estimate of drug-likeness (QED) is 0.459. The van der Waals surface area contributed by atoms with Crippen molar-refractivity contribution in [1.29, 1.82) is 5.26 Å². The van der Waals surface area contributed by atoms with Crippen molar-refractivity contribution in [3.05, 3.63) is 71.6 Å². The summed E-state index contributed by atoms with van der Waals surface area (Å²) in [5.41, 5.74) is -3.81. The predicted octanol–water partition coefficient (Wildman–Crippen LogP) is 4.83. The fourth-order valence-corrected chi connectivity index (χ4v) is 2.57. The van der Waals surface area contributed by atoms with Crippen molar-refractivity contribution < 1.29 is 22.4 Å². The van der Waals surface area contributed by atoms with Crippen LogP contribution in [0.3, 0.4) is 0 Å². The molecule has 0 aliphatic rings. The van der Waals surface area contributed by atoms with E-state index in [1.54, 1.807) is 12.1 Å². The minimum Gasteiger partial charge on any atom is -0.333 e. The van der Waals surface area contributed by atoms with Crippen molar-refractivity contribution in [1.82, 2.24) is 5.32 Å². The summed E-state index contributed by atoms with van der Waals surface area (Å²) in [4.78, 5) is 11.9. The Kier molecular flexibility index (Phi) is 6.41. The van der Waals surface area contributed by atoms with Crippen molar-refractivity contribution in [2.24, 2.45) is 0 Å². The fraction of sp³-hybridized carbons (Fsp3) is 0.111. The van der Waals surface area contributed by atoms with Crippen molar-refractivity contribution >= 4 is 23.7 Å². The molecule has 134 valence electrons. The zero-order chi connectivity index (χ0) is 19.2. The Bertz CT molecular complexity index is 842. The number of benzene rings is 2. The van der Waals surface area contributed by atoms with Crippen LogP contribution in [0.5, 0.6) is 0 Å². The lowest BCUT2D eigenvalue weighted by atomic mass is 10.1. The van der Waals surface area contributed by atoms with E-state index in [0.717, 1.165) is 6.08 Å². The number of amides is 1. The Morgan fingerprint density at radius 2 is 1.81 bits per heavy atom. The minimum atomic E-state index is -4.36. The summed E-state index contributed by atoms with van der Waals surface area (Å²) in [5, 5.41) is 11.5. The number of hydrogen-bond donors (Lipinski definition) is 1. The molecule has 8 heteroatoms. The highest BCUT2D eigenvalue weighted by molar-refractivity contribution is 8.00. The summed E-state index contributed by atoms with van der Waals surface area (Å²) in [7, 11) is 0. The maximum Gasteiger partial charge on any atom is 0.446 e. The second-order valence-electron chi connectivity index (χ2n) is 5.04. The number of nitrogens with one attached hydrogen (secondary N) is 1. The third-order valence-electron chi connectivity index (χ3n) is 3.17. The van der Waals surface area contributed by atoms with Gasteiger partial charge in [-0.1, -0.05) is 30.3 Å². The Balaban J connectivity index is 2.00. The van der Waals surface area contributed by atoms with Crippen LogP contribution in [-0.2, 0) is 4.79 Å². The number of rotatable bonds is 5. The lowest BCUT2D eigenvalue weighted by Gasteiger charge is -2.11. The molecule has 0 spiro atoms. The van der Waals surface area contributed by atoms with E-state index in [-0.39, 0.29) is 22.2 Å². The first kappa shape index (κ1) is 19.5. The van der Waals surface area contributed by atoms with E-state index in [0.29, 0.717) is 5.56 Å². The van der Waals surface area contributed by atoms with Crippen molar-refractivity contribution in [3.63, 3.8) is 0 Å². The van der Waals surface area contributed by atoms with Gasteiger partial charge in [-0.15, -0.1) is 0 Å². The molecule has 0 heterocycles. The summed E-state index contributed by atoms with van der Waals surface area (Å²) < 4.78 is 50.5. The zero-order valence-corrected chi connectivity index (χ0v) is 13.9. The summed E-state index contributed by atoms with van der Waals surface area (Å²) in [6.07, 6.45) is 2.50. The molecule has 0 saturated carbocycles. The molecular formula is C18H12F4N2OS. The normalized spacial score (nSPS) is 12.6. The zero-order valence-electron chi connectivity index (χ0n) is 13.1. The van der Waals surface area contributed by atoms with Crippen LogP contribution in [0, 0.1) is 17.1 Å². The van der Waals surface area contributed by atoms with Gasteiger partial charge in [-0.2, -0.15) is 18.4 Å². The molecule has 2 rings (SSSR count). The van der Waals surface area contributed by atoms with Gasteiger partial charge in [-0.25, -0.2) is 4.39 Å². The predicted molar refractivity (Wildman–Crippen MR) is 90.3 cm³/mol. The Labute approximate surface area is 151 Å². The van der Waals surface area contributed by atoms with E-state index in [2.05, 4.69) is 5.32 Å². The molecule has 26 heavy (non-hydrogen) atoms. The molecule has 1 N–H and O–H groups in total. The Morgan fingerprint density at radius 1 is 1.15 bits per heavy atom. The van der Waals surface area contributed by atoms with Gasteiger partial charge in [-0.3, -0.25) is 4.79 Å². The van der Waals surface area contributed by atoms with Gasteiger partial charge in [-0.05, 0) is 41.6 Å². The molecule has 0 radical (unpaired) electrons. The van der Waals surface area contributed by atoms with Crippen LogP contribution in [0.1, 0.15) is 17.2 Å². The highest BCUT2D eigenvalue weighted by Gasteiger charge is 2.28. The number of nitrogens with zero attached hydrogens (tertiary/aromatic N) is 1. The number of nitriles is 1. The molecule has 0 bridgehead atoms. The number of carbonyl (C=O) groups excluding carboxylic acids is 1. The molecule has 0 aromatic heterocycles. The molecule has 1 amide bonds. The first-order valence-corrected chi connectivity index (χ1v) is 8.08. The molecule has 0 saturated heterocycles. The van der Waals surface area contributed by atoms with E-state index in [1.807, 2.05) is 0 Å². The smallest absolute Gasteiger partial charge is 0.333 e. The molecule has 1 unspecified atom stereocenters. The number of halogens is 4. The first-order valence-electron chi connectivity index (χ1n) is 7.27. The van der Waals surface area contributed by atoms with E-state index >= 15 is 0 Å². The average Bonchev–Trinajstić information content (AvgIpc) is 2.58. The highest BCUT2D eigenvalue weighted by atomic mass is 32.2. The monoisotopic (exact) mass is 380 g/mol. The van der Waals surface area contributed by atoms with Crippen LogP contribution < -0.4 is 5.32 Å². The maximum absolute atomic E-state index is 13.7. The third kappa shape index (κ3) is 5.93. The van der Waals surface area contributed by atoms with E-state index in [9.17, 15) is 22.4 Å². The minimum absolute atomic E-state index is 0.0307. The largest absolute Gasteiger partial charge is 0.446 e. The summed E-state index contributed by atoms with van der Waals surface area (Å²) >= 11 is -0.231. The second kappa shape index (κ2) is 8.54. The number of alkyl halides is 3. The topological polar surface area (TPSA) is 52.9 Å². The van der Waals surface area contributed by atoms with Gasteiger partial charge in [0, 0.05) is 16.5 Å². The van der Waals surface area contributed by atoms with Gasteiger partial charge < -0.3 is 5.32 Å². The van der Waals surface area contributed by atoms with Crippen molar-refractivity contribution in [2.45, 2.75) is 16.4 Å². The van der Waals surface area contributed by atoms with Gasteiger partial charge in [0.05, 0.1) is 6.07 Å². The fourth-order valence-electron chi connectivity index (χ4n) is 2.03. The number of thioether (sulfide) groups is 1. The third-order valence-corrected chi connectivity index (χ3v) is 3.91. The van der Waals surface area contributed by atoms with Crippen molar-refractivity contribution in [2.75, 3.05) is 0 Å². The van der Waals surface area contributed by atoms with Crippen LogP contribution in [0.2, 0.25) is 0 Å². The molecule has 1 atom stereocenters. The second-order valence-corrected chi connectivity index (χ2v) is 6.18. The van der Waals surface area contributed by atoms with Crippen LogP contribution >= 0.6 is 11.8 Å². The summed E-state index contributed by atoms with van der Waals surface area (Å²) in [6.45, 7) is 0. The maximum atomic E-state index is 13.7. The lowest BCUT2D eigenvalue weighted by molar-refractivity contribution is -0.116. The highest BCUT2D eigenvalue weighted by Crippen LogP contribution is 2.36. The van der Waals surface area contributed by atoms with Gasteiger partial charge in [0.1, 0.15) is 11.9 Å². The van der Waals surface area contributed by atoms with E-state index in [1.165, 1.54) is 48.5 Å². The number of hydrogen-bond acceptors (Lipinski definition) is 3. The molecule has 0 aliphatic heterocycles. The van der Waals surface area contributed by atoms with Crippen LogP contribution in [0.4, 0.5) is 17.6 Å². The first-order chi connectivity index (χ1) is 12.3. The lowest BCUT2D eigenvalue weighted by Crippen LogP contribution is -2.26. The molecule has 3 nitrogen and oxygen atoms in total. The SMILES string of the molecule is N#CC(NC(=O)/C=C/c1ccc(SC(F)(F)F)cc1)c1ccccc1F. The standard InChI is InChI=1S/C18H12F4N2OS/c19-15-4-2-1-3-14(15)16(11-23)24-17(25)10-7-12-5-8-13(9-6-12)26-18(20,21)22/h1-10,16H,(H,24,25)/b10-7+. The van der Waals surface area contributed by atoms with Crippen molar-refractivity contribution in [3.8, 4) is 6.07 Å². The average molecular weight is 380 g/mol. The molecule has 2 aromatic carbocycles. The number of carbonyl (C=O) groups is 1. The van der Waals surface area contributed by atoms with Crippen LogP contribution in [0.25, 0.3) is 6.08 Å². The van der Waals surface area contributed by atoms with Gasteiger partial charge in [0.15, 0.2) is 0 Å². The summed E-state index contributed by atoms with van der Waals surface area (Å²) in [6, 6.07) is 11.7. The van der Waals surface area contributed by atoms with Crippen LogP contribution in [0.15, 0.2) is 59.5 Å². The van der Waals surface area contributed by atoms with Crippen LogP contribution in [-0.4, -0.2) is 11.4 Å². The van der Waals surface area contributed by atoms with Gasteiger partial charge in [0.2, 0.25) is 5.91 Å². The van der Waals surface area contributed by atoms with E-state index < -0.39 is 23.3 Å². The molecule has 2 aromatic rings.